The van der Waals surface area contributed by atoms with Crippen LogP contribution in [0.2, 0.25) is 0 Å². The number of nitrogens with one attached hydrogen (secondary N) is 1. The molecule has 0 bridgehead atoms. The number of aromatic nitrogens is 2. The van der Waals surface area contributed by atoms with E-state index < -0.39 is 0 Å². The largest absolute Gasteiger partial charge is 0.491 e. The summed E-state index contributed by atoms with van der Waals surface area (Å²) >= 11 is 0. The molecule has 1 N–H and O–H groups in total. The molecular formula is C22H31N3O2. The van der Waals surface area contributed by atoms with E-state index in [0.29, 0.717) is 5.92 Å². The molecule has 0 radical (unpaired) electrons. The molecule has 0 aliphatic carbocycles. The van der Waals surface area contributed by atoms with Gasteiger partial charge >= 0.3 is 0 Å². The molecule has 1 atom stereocenters. The third-order valence-electron chi connectivity index (χ3n) is 5.00. The minimum absolute atomic E-state index is 0.0422. The molecule has 5 nitrogen and oxygen atoms in total. The number of benzene rings is 1. The van der Waals surface area contributed by atoms with Crippen LogP contribution in [-0.2, 0) is 6.54 Å². The van der Waals surface area contributed by atoms with Crippen molar-refractivity contribution in [3.63, 3.8) is 0 Å². The number of ether oxygens (including phenoxy) is 1. The Balaban J connectivity index is 1.64. The van der Waals surface area contributed by atoms with Crippen molar-refractivity contribution in [3.05, 3.63) is 47.3 Å². The second-order valence-electron chi connectivity index (χ2n) is 8.11. The van der Waals surface area contributed by atoms with Crippen LogP contribution in [0, 0.1) is 5.92 Å². The molecule has 1 fully saturated rings. The average Bonchev–Trinajstić information content (AvgIpc) is 3.10. The molecule has 0 spiro atoms. The van der Waals surface area contributed by atoms with Crippen molar-refractivity contribution in [1.82, 2.24) is 15.1 Å². The summed E-state index contributed by atoms with van der Waals surface area (Å²) in [6, 6.07) is 9.74. The highest BCUT2D eigenvalue weighted by atomic mass is 16.5. The lowest BCUT2D eigenvalue weighted by Gasteiger charge is -2.31. The smallest absolute Gasteiger partial charge is 0.167 e. The SMILES string of the molecule is CC(C)Oc1cccc(C(=O)C2CCCN(Cc3cc(C(C)C)n[nH]3)C2)c1. The van der Waals surface area contributed by atoms with Gasteiger partial charge in [-0.1, -0.05) is 26.0 Å². The van der Waals surface area contributed by atoms with Crippen LogP contribution in [0.5, 0.6) is 5.75 Å². The number of carbonyl (C=O) groups excluding carboxylic acids is 1. The Labute approximate surface area is 162 Å². The lowest BCUT2D eigenvalue weighted by molar-refractivity contribution is 0.0809. The van der Waals surface area contributed by atoms with Crippen LogP contribution in [0.15, 0.2) is 30.3 Å². The van der Waals surface area contributed by atoms with E-state index in [0.717, 1.165) is 55.2 Å². The van der Waals surface area contributed by atoms with Gasteiger partial charge in [0.25, 0.3) is 0 Å². The molecular weight excluding hydrogens is 338 g/mol. The van der Waals surface area contributed by atoms with Crippen molar-refractivity contribution in [3.8, 4) is 5.75 Å². The molecule has 1 aromatic heterocycles. The predicted molar refractivity (Wildman–Crippen MR) is 107 cm³/mol. The molecule has 1 aliphatic rings. The van der Waals surface area contributed by atoms with Crippen LogP contribution in [0.3, 0.4) is 0 Å². The summed E-state index contributed by atoms with van der Waals surface area (Å²) in [5.74, 6) is 1.45. The number of nitrogens with zero attached hydrogens (tertiary/aromatic N) is 2. The van der Waals surface area contributed by atoms with Gasteiger partial charge in [-0.2, -0.15) is 5.10 Å². The topological polar surface area (TPSA) is 58.2 Å². The Kier molecular flexibility index (Phi) is 6.32. The van der Waals surface area contributed by atoms with E-state index in [1.165, 1.54) is 0 Å². The fraction of sp³-hybridized carbons (Fsp3) is 0.545. The van der Waals surface area contributed by atoms with Crippen LogP contribution in [0.1, 0.15) is 68.2 Å². The summed E-state index contributed by atoms with van der Waals surface area (Å²) in [7, 11) is 0. The molecule has 27 heavy (non-hydrogen) atoms. The minimum Gasteiger partial charge on any atom is -0.491 e. The quantitative estimate of drug-likeness (QED) is 0.734. The molecule has 2 aromatic rings. The van der Waals surface area contributed by atoms with Crippen molar-refractivity contribution in [2.45, 2.75) is 59.1 Å². The maximum Gasteiger partial charge on any atom is 0.167 e. The first-order valence-corrected chi connectivity index (χ1v) is 10.00. The maximum atomic E-state index is 13.0. The number of piperidine rings is 1. The first-order chi connectivity index (χ1) is 12.9. The third-order valence-corrected chi connectivity index (χ3v) is 5.00. The standard InChI is InChI=1S/C22H31N3O2/c1-15(2)21-12-19(23-24-21)14-25-10-6-8-18(13-25)22(26)17-7-5-9-20(11-17)27-16(3)4/h5,7,9,11-12,15-16,18H,6,8,10,13-14H2,1-4H3,(H,23,24). The second-order valence-corrected chi connectivity index (χ2v) is 8.11. The van der Waals surface area contributed by atoms with Gasteiger partial charge in [0.1, 0.15) is 5.75 Å². The van der Waals surface area contributed by atoms with Crippen molar-refractivity contribution >= 4 is 5.78 Å². The highest BCUT2D eigenvalue weighted by molar-refractivity contribution is 5.98. The van der Waals surface area contributed by atoms with E-state index in [1.807, 2.05) is 38.1 Å². The number of hydrogen-bond acceptors (Lipinski definition) is 4. The van der Waals surface area contributed by atoms with E-state index in [1.54, 1.807) is 0 Å². The summed E-state index contributed by atoms with van der Waals surface area (Å²) in [6.07, 6.45) is 2.10. The summed E-state index contributed by atoms with van der Waals surface area (Å²) in [4.78, 5) is 15.4. The number of hydrogen-bond donors (Lipinski definition) is 1. The summed E-state index contributed by atoms with van der Waals surface area (Å²) in [5, 5.41) is 7.53. The fourth-order valence-electron chi connectivity index (χ4n) is 3.64. The second kappa shape index (κ2) is 8.70. The van der Waals surface area contributed by atoms with E-state index in [-0.39, 0.29) is 17.8 Å². The summed E-state index contributed by atoms with van der Waals surface area (Å²) < 4.78 is 5.74. The van der Waals surface area contributed by atoms with Crippen LogP contribution in [0.25, 0.3) is 0 Å². The Morgan fingerprint density at radius 2 is 2.11 bits per heavy atom. The number of likely N-dealkylation sites (tertiary alicyclic amines) is 1. The lowest BCUT2D eigenvalue weighted by Crippen LogP contribution is -2.38. The van der Waals surface area contributed by atoms with Crippen molar-refractivity contribution in [1.29, 1.82) is 0 Å². The van der Waals surface area contributed by atoms with E-state index in [4.69, 9.17) is 4.74 Å². The lowest BCUT2D eigenvalue weighted by atomic mass is 9.90. The molecule has 0 saturated carbocycles. The van der Waals surface area contributed by atoms with E-state index >= 15 is 0 Å². The number of ketones is 1. The Morgan fingerprint density at radius 3 is 2.81 bits per heavy atom. The zero-order chi connectivity index (χ0) is 19.4. The number of Topliss-reactive ketones (excluding diaryl/α,β-unsaturated/α-hetero) is 1. The predicted octanol–water partition coefficient (Wildman–Crippen LogP) is 4.42. The zero-order valence-electron chi connectivity index (χ0n) is 16.9. The van der Waals surface area contributed by atoms with Crippen molar-refractivity contribution < 1.29 is 9.53 Å². The number of rotatable bonds is 7. The van der Waals surface area contributed by atoms with Gasteiger partial charge in [-0.3, -0.25) is 14.8 Å². The van der Waals surface area contributed by atoms with Crippen LogP contribution < -0.4 is 4.74 Å². The van der Waals surface area contributed by atoms with Crippen LogP contribution in [-0.4, -0.2) is 40.1 Å². The summed E-state index contributed by atoms with van der Waals surface area (Å²) in [5.41, 5.74) is 2.97. The first kappa shape index (κ1) is 19.6. The number of H-pyrrole nitrogens is 1. The van der Waals surface area contributed by atoms with Gasteiger partial charge in [0, 0.05) is 30.3 Å². The van der Waals surface area contributed by atoms with Gasteiger partial charge in [-0.25, -0.2) is 0 Å². The molecule has 1 aliphatic heterocycles. The molecule has 2 heterocycles. The molecule has 0 amide bonds. The van der Waals surface area contributed by atoms with Gasteiger partial charge < -0.3 is 4.74 Å². The molecule has 146 valence electrons. The molecule has 1 saturated heterocycles. The normalized spacial score (nSPS) is 18.2. The first-order valence-electron chi connectivity index (χ1n) is 10.00. The molecule has 3 rings (SSSR count). The van der Waals surface area contributed by atoms with Gasteiger partial charge in [-0.05, 0) is 57.4 Å². The maximum absolute atomic E-state index is 13.0. The highest BCUT2D eigenvalue weighted by Crippen LogP contribution is 2.24. The molecule has 5 heteroatoms. The monoisotopic (exact) mass is 369 g/mol. The van der Waals surface area contributed by atoms with Gasteiger partial charge in [-0.15, -0.1) is 0 Å². The Morgan fingerprint density at radius 1 is 1.30 bits per heavy atom. The Bertz CT molecular complexity index is 766. The Hall–Kier alpha value is -2.14. The molecule has 1 aromatic carbocycles. The zero-order valence-corrected chi connectivity index (χ0v) is 16.9. The van der Waals surface area contributed by atoms with E-state index in [2.05, 4.69) is 35.0 Å². The average molecular weight is 370 g/mol. The highest BCUT2D eigenvalue weighted by Gasteiger charge is 2.27. The van der Waals surface area contributed by atoms with Crippen LogP contribution >= 0.6 is 0 Å². The van der Waals surface area contributed by atoms with Crippen molar-refractivity contribution in [2.24, 2.45) is 5.92 Å². The van der Waals surface area contributed by atoms with Crippen LogP contribution in [0.4, 0.5) is 0 Å². The van der Waals surface area contributed by atoms with Gasteiger partial charge in [0.05, 0.1) is 11.8 Å². The third kappa shape index (κ3) is 5.19. The molecule has 1 unspecified atom stereocenters. The fourth-order valence-corrected chi connectivity index (χ4v) is 3.64. The number of aromatic amines is 1. The minimum atomic E-state index is 0.0422. The van der Waals surface area contributed by atoms with E-state index in [9.17, 15) is 4.79 Å². The van der Waals surface area contributed by atoms with Gasteiger partial charge in [0.2, 0.25) is 0 Å². The number of carbonyl (C=O) groups is 1. The summed E-state index contributed by atoms with van der Waals surface area (Å²) in [6.45, 7) is 10.9. The van der Waals surface area contributed by atoms with Gasteiger partial charge in [0.15, 0.2) is 5.78 Å². The van der Waals surface area contributed by atoms with Crippen molar-refractivity contribution in [2.75, 3.05) is 13.1 Å².